The van der Waals surface area contributed by atoms with Crippen molar-refractivity contribution in [2.24, 2.45) is 5.92 Å². The maximum atomic E-state index is 13.2. The average Bonchev–Trinajstić information content (AvgIpc) is 2.63. The van der Waals surface area contributed by atoms with Gasteiger partial charge in [-0.1, -0.05) is 18.2 Å². The number of piperidine rings is 1. The van der Waals surface area contributed by atoms with Crippen LogP contribution in [0.4, 0.5) is 5.69 Å². The molecule has 0 aromatic heterocycles. The van der Waals surface area contributed by atoms with E-state index in [2.05, 4.69) is 11.4 Å². The number of amides is 1. The second kappa shape index (κ2) is 8.05. The lowest BCUT2D eigenvalue weighted by Gasteiger charge is -2.31. The van der Waals surface area contributed by atoms with E-state index in [-0.39, 0.29) is 18.4 Å². The first-order valence-electron chi connectivity index (χ1n) is 9.63. The molecule has 1 aliphatic rings. The van der Waals surface area contributed by atoms with Crippen molar-refractivity contribution in [3.05, 3.63) is 58.7 Å². The van der Waals surface area contributed by atoms with E-state index in [9.17, 15) is 13.2 Å². The molecule has 1 N–H and O–H groups in total. The Bertz CT molecular complexity index is 979. The Morgan fingerprint density at radius 2 is 1.68 bits per heavy atom. The van der Waals surface area contributed by atoms with Gasteiger partial charge in [-0.05, 0) is 81.0 Å². The number of nitrogens with one attached hydrogen (secondary N) is 1. The van der Waals surface area contributed by atoms with Crippen molar-refractivity contribution in [3.8, 4) is 0 Å². The van der Waals surface area contributed by atoms with E-state index in [0.717, 1.165) is 27.9 Å². The average molecular weight is 401 g/mol. The third-order valence-corrected chi connectivity index (χ3v) is 7.21. The van der Waals surface area contributed by atoms with Crippen molar-refractivity contribution in [1.29, 1.82) is 0 Å². The number of carbonyl (C=O) groups excluding carboxylic acids is 1. The lowest BCUT2D eigenvalue weighted by molar-refractivity contribution is -0.120. The Morgan fingerprint density at radius 1 is 1.00 bits per heavy atom. The second-order valence-electron chi connectivity index (χ2n) is 7.84. The summed E-state index contributed by atoms with van der Waals surface area (Å²) in [5, 5.41) is 2.97. The zero-order valence-corrected chi connectivity index (χ0v) is 17.8. The molecule has 3 rings (SSSR count). The molecular formula is C22H28N2O3S. The lowest BCUT2D eigenvalue weighted by Crippen LogP contribution is -2.43. The van der Waals surface area contributed by atoms with Gasteiger partial charge in [-0.2, -0.15) is 4.31 Å². The molecule has 6 heteroatoms. The molecule has 0 bridgehead atoms. The van der Waals surface area contributed by atoms with Crippen LogP contribution in [0.1, 0.15) is 35.1 Å². The predicted octanol–water partition coefficient (Wildman–Crippen LogP) is 3.96. The summed E-state index contributed by atoms with van der Waals surface area (Å²) in [6.45, 7) is 8.33. The highest BCUT2D eigenvalue weighted by Crippen LogP contribution is 2.27. The molecule has 1 aliphatic heterocycles. The van der Waals surface area contributed by atoms with Gasteiger partial charge in [0.1, 0.15) is 0 Å². The van der Waals surface area contributed by atoms with Crippen molar-refractivity contribution in [2.45, 2.75) is 45.4 Å². The highest BCUT2D eigenvalue weighted by Gasteiger charge is 2.34. The molecule has 1 saturated heterocycles. The van der Waals surface area contributed by atoms with Gasteiger partial charge >= 0.3 is 0 Å². The Balaban J connectivity index is 1.77. The van der Waals surface area contributed by atoms with Gasteiger partial charge in [0.05, 0.1) is 10.8 Å². The summed E-state index contributed by atoms with van der Waals surface area (Å²) in [6, 6.07) is 11.4. The molecular weight excluding hydrogens is 372 g/mol. The molecule has 0 radical (unpaired) electrons. The second-order valence-corrected chi connectivity index (χ2v) is 9.74. The standard InChI is InChI=1S/C22H28N2O3S/c1-15-7-8-18(4)21(13-15)28(26,27)24-9-5-6-19(14-24)22(25)23-20-11-16(2)10-17(3)12-20/h7-8,10-13,19H,5-6,9,14H2,1-4H3,(H,23,25)/t19-/m0/s1. The van der Waals surface area contributed by atoms with E-state index < -0.39 is 10.0 Å². The number of anilines is 1. The normalized spacial score (nSPS) is 18.1. The van der Waals surface area contributed by atoms with Gasteiger partial charge in [0.2, 0.25) is 15.9 Å². The Morgan fingerprint density at radius 3 is 2.36 bits per heavy atom. The highest BCUT2D eigenvalue weighted by atomic mass is 32.2. The molecule has 2 aromatic rings. The summed E-state index contributed by atoms with van der Waals surface area (Å²) in [5.41, 5.74) is 4.56. The van der Waals surface area contributed by atoms with E-state index >= 15 is 0 Å². The van der Waals surface area contributed by atoms with Crippen molar-refractivity contribution < 1.29 is 13.2 Å². The third-order valence-electron chi connectivity index (χ3n) is 5.21. The number of hydrogen-bond donors (Lipinski definition) is 1. The van der Waals surface area contributed by atoms with E-state index in [4.69, 9.17) is 0 Å². The van der Waals surface area contributed by atoms with E-state index in [1.807, 2.05) is 45.0 Å². The molecule has 2 aromatic carbocycles. The molecule has 5 nitrogen and oxygen atoms in total. The summed E-state index contributed by atoms with van der Waals surface area (Å²) in [5.74, 6) is -0.472. The maximum absolute atomic E-state index is 13.2. The van der Waals surface area contributed by atoms with E-state index in [1.165, 1.54) is 4.31 Å². The number of benzene rings is 2. The lowest BCUT2D eigenvalue weighted by atomic mass is 9.98. The first-order chi connectivity index (χ1) is 13.2. The van der Waals surface area contributed by atoms with Gasteiger partial charge in [0.15, 0.2) is 0 Å². The fraction of sp³-hybridized carbons (Fsp3) is 0.409. The number of hydrogen-bond acceptors (Lipinski definition) is 3. The third kappa shape index (κ3) is 4.45. The van der Waals surface area contributed by atoms with Crippen LogP contribution in [-0.2, 0) is 14.8 Å². The van der Waals surface area contributed by atoms with Crippen LogP contribution in [0.3, 0.4) is 0 Å². The minimum atomic E-state index is -3.61. The molecule has 28 heavy (non-hydrogen) atoms. The van der Waals surface area contributed by atoms with E-state index in [0.29, 0.717) is 24.3 Å². The smallest absolute Gasteiger partial charge is 0.243 e. The van der Waals surface area contributed by atoms with Gasteiger partial charge < -0.3 is 5.32 Å². The van der Waals surface area contributed by atoms with Crippen LogP contribution < -0.4 is 5.32 Å². The zero-order chi connectivity index (χ0) is 20.5. The fourth-order valence-corrected chi connectivity index (χ4v) is 5.62. The number of rotatable bonds is 4. The van der Waals surface area contributed by atoms with Crippen LogP contribution in [0.15, 0.2) is 41.3 Å². The van der Waals surface area contributed by atoms with Crippen molar-refractivity contribution >= 4 is 21.6 Å². The number of aryl methyl sites for hydroxylation is 4. The first-order valence-corrected chi connectivity index (χ1v) is 11.1. The fourth-order valence-electron chi connectivity index (χ4n) is 3.79. The van der Waals surface area contributed by atoms with Crippen molar-refractivity contribution in [3.63, 3.8) is 0 Å². The Hall–Kier alpha value is -2.18. The predicted molar refractivity (Wildman–Crippen MR) is 112 cm³/mol. The van der Waals surface area contributed by atoms with Gasteiger partial charge in [-0.25, -0.2) is 8.42 Å². The molecule has 1 fully saturated rings. The van der Waals surface area contributed by atoms with Crippen molar-refractivity contribution in [1.82, 2.24) is 4.31 Å². The van der Waals surface area contributed by atoms with E-state index in [1.54, 1.807) is 13.0 Å². The summed E-state index contributed by atoms with van der Waals surface area (Å²) in [4.78, 5) is 13.1. The van der Waals surface area contributed by atoms with Crippen LogP contribution in [0.25, 0.3) is 0 Å². The summed E-state index contributed by atoms with van der Waals surface area (Å²) < 4.78 is 27.8. The Kier molecular flexibility index (Phi) is 5.91. The number of carbonyl (C=O) groups is 1. The highest BCUT2D eigenvalue weighted by molar-refractivity contribution is 7.89. The molecule has 0 aliphatic carbocycles. The molecule has 1 atom stereocenters. The molecule has 0 spiro atoms. The number of nitrogens with zero attached hydrogens (tertiary/aromatic N) is 1. The largest absolute Gasteiger partial charge is 0.326 e. The van der Waals surface area contributed by atoms with Crippen molar-refractivity contribution in [2.75, 3.05) is 18.4 Å². The van der Waals surface area contributed by atoms with Gasteiger partial charge in [-0.15, -0.1) is 0 Å². The molecule has 0 unspecified atom stereocenters. The summed E-state index contributed by atoms with van der Waals surface area (Å²) in [6.07, 6.45) is 1.37. The van der Waals surface area contributed by atoms with Crippen LogP contribution in [-0.4, -0.2) is 31.7 Å². The Labute approximate surface area is 167 Å². The minimum Gasteiger partial charge on any atom is -0.326 e. The molecule has 150 valence electrons. The molecule has 0 saturated carbocycles. The van der Waals surface area contributed by atoms with Crippen LogP contribution in [0.5, 0.6) is 0 Å². The zero-order valence-electron chi connectivity index (χ0n) is 17.0. The molecule has 1 amide bonds. The summed E-state index contributed by atoms with van der Waals surface area (Å²) >= 11 is 0. The quantitative estimate of drug-likeness (QED) is 0.845. The molecule has 1 heterocycles. The number of sulfonamides is 1. The van der Waals surface area contributed by atoms with Gasteiger partial charge in [0.25, 0.3) is 0 Å². The van der Waals surface area contributed by atoms with Gasteiger partial charge in [0, 0.05) is 18.8 Å². The summed E-state index contributed by atoms with van der Waals surface area (Å²) in [7, 11) is -3.61. The monoisotopic (exact) mass is 400 g/mol. The van der Waals surface area contributed by atoms with Crippen LogP contribution in [0, 0.1) is 33.6 Å². The van der Waals surface area contributed by atoms with Crippen LogP contribution in [0.2, 0.25) is 0 Å². The van der Waals surface area contributed by atoms with Crippen LogP contribution >= 0.6 is 0 Å². The minimum absolute atomic E-state index is 0.120. The van der Waals surface area contributed by atoms with Gasteiger partial charge in [-0.3, -0.25) is 4.79 Å². The topological polar surface area (TPSA) is 66.5 Å². The SMILES string of the molecule is Cc1cc(C)cc(NC(=O)[C@H]2CCCN(S(=O)(=O)c3cc(C)ccc3C)C2)c1. The first kappa shape index (κ1) is 20.6. The maximum Gasteiger partial charge on any atom is 0.243 e.